The van der Waals surface area contributed by atoms with Crippen molar-refractivity contribution >= 4 is 0 Å². The largest absolute Gasteiger partial charge is 1.00 e. The van der Waals surface area contributed by atoms with E-state index in [-0.39, 0.29) is 46.2 Å². The fraction of sp³-hybridized carbons (Fsp3) is 0.600. The number of halogens is 2. The second-order valence-corrected chi connectivity index (χ2v) is 12.2. The summed E-state index contributed by atoms with van der Waals surface area (Å²) in [5, 5.41) is 20.8. The lowest BCUT2D eigenvalue weighted by atomic mass is 9.83. The van der Waals surface area contributed by atoms with Crippen molar-refractivity contribution in [2.24, 2.45) is 11.8 Å². The van der Waals surface area contributed by atoms with Gasteiger partial charge in [-0.25, -0.2) is 0 Å². The molecule has 36 heavy (non-hydrogen) atoms. The molecule has 6 saturated heterocycles. The molecule has 0 aromatic heterocycles. The Labute approximate surface area is 238 Å². The lowest BCUT2D eigenvalue weighted by Crippen LogP contribution is -3.00. The van der Waals surface area contributed by atoms with Crippen molar-refractivity contribution in [3.05, 3.63) is 70.8 Å². The molecule has 8 rings (SSSR count). The van der Waals surface area contributed by atoms with Gasteiger partial charge in [-0.2, -0.15) is 0 Å². The van der Waals surface area contributed by atoms with Gasteiger partial charge in [0.2, 0.25) is 0 Å². The van der Waals surface area contributed by atoms with Crippen LogP contribution in [-0.2, 0) is 25.9 Å². The molecule has 4 bridgehead atoms. The smallest absolute Gasteiger partial charge is 0.106 e. The second kappa shape index (κ2) is 11.5. The van der Waals surface area contributed by atoms with Crippen LogP contribution in [0.25, 0.3) is 0 Å². The molecule has 6 aliphatic heterocycles. The lowest BCUT2D eigenvalue weighted by Gasteiger charge is -2.51. The summed E-state index contributed by atoms with van der Waals surface area (Å²) in [6, 6.07) is 18.6. The number of hydrogen-bond acceptors (Lipinski definition) is 2. The molecule has 2 aromatic rings. The van der Waals surface area contributed by atoms with E-state index in [4.69, 9.17) is 0 Å². The first-order valence-electron chi connectivity index (χ1n) is 13.7. The van der Waals surface area contributed by atoms with Gasteiger partial charge in [0.15, 0.2) is 0 Å². The molecule has 6 aliphatic rings. The highest BCUT2D eigenvalue weighted by Crippen LogP contribution is 2.36. The Morgan fingerprint density at radius 1 is 0.528 bits per heavy atom. The Bertz CT molecular complexity index is 900. The molecule has 6 fully saturated rings. The molecule has 0 amide bonds. The van der Waals surface area contributed by atoms with Crippen LogP contribution in [0.5, 0.6) is 0 Å². The van der Waals surface area contributed by atoms with Gasteiger partial charge in [-0.3, -0.25) is 0 Å². The Balaban J connectivity index is 0.00000152. The van der Waals surface area contributed by atoms with E-state index in [1.54, 1.807) is 0 Å². The van der Waals surface area contributed by atoms with Gasteiger partial charge in [0.1, 0.15) is 38.4 Å². The maximum atomic E-state index is 10.4. The summed E-state index contributed by atoms with van der Waals surface area (Å²) in [6.07, 6.45) is 6.76. The zero-order chi connectivity index (χ0) is 23.2. The highest BCUT2D eigenvalue weighted by molar-refractivity contribution is 5.26. The highest BCUT2D eigenvalue weighted by atomic mass is 79.9. The molecule has 0 saturated carbocycles. The number of fused-ring (bicyclic) bond motifs is 6. The van der Waals surface area contributed by atoms with Crippen molar-refractivity contribution < 1.29 is 53.1 Å². The number of aliphatic hydroxyl groups is 2. The van der Waals surface area contributed by atoms with Crippen LogP contribution < -0.4 is 34.0 Å². The summed E-state index contributed by atoms with van der Waals surface area (Å²) in [7, 11) is 0. The SMILES string of the molecule is O[C@@H]1C[N+]2(Cc3ccc(CCc4ccc(C[N+]56CCC(CC5)[C@@H](O)C6)cc4)cc3)CCC1CC2.[Br-].[Br-]. The Hall–Kier alpha value is -0.760. The molecule has 0 aliphatic carbocycles. The maximum absolute atomic E-state index is 10.4. The summed E-state index contributed by atoms with van der Waals surface area (Å²) in [4.78, 5) is 0. The van der Waals surface area contributed by atoms with Crippen LogP contribution in [-0.4, -0.2) is 70.7 Å². The summed E-state index contributed by atoms with van der Waals surface area (Å²) < 4.78 is 2.17. The minimum atomic E-state index is -0.0870. The van der Waals surface area contributed by atoms with Crippen molar-refractivity contribution in [2.45, 2.75) is 63.8 Å². The molecule has 2 aromatic carbocycles. The van der Waals surface area contributed by atoms with Gasteiger partial charge in [0.25, 0.3) is 0 Å². The van der Waals surface area contributed by atoms with Gasteiger partial charge in [-0.05, 0) is 24.0 Å². The van der Waals surface area contributed by atoms with Crippen LogP contribution in [0.15, 0.2) is 48.5 Å². The predicted octanol–water partition coefficient (Wildman–Crippen LogP) is -2.32. The van der Waals surface area contributed by atoms with E-state index >= 15 is 0 Å². The molecule has 198 valence electrons. The van der Waals surface area contributed by atoms with Crippen LogP contribution in [0, 0.1) is 11.8 Å². The quantitative estimate of drug-likeness (QED) is 0.341. The number of aliphatic hydroxyl groups excluding tert-OH is 2. The van der Waals surface area contributed by atoms with Crippen molar-refractivity contribution in [3.63, 3.8) is 0 Å². The molecule has 6 heterocycles. The Morgan fingerprint density at radius 2 is 0.833 bits per heavy atom. The van der Waals surface area contributed by atoms with Crippen LogP contribution in [0.3, 0.4) is 0 Å². The maximum Gasteiger partial charge on any atom is 0.106 e. The number of hydrogen-bond donors (Lipinski definition) is 2. The number of rotatable bonds is 7. The van der Waals surface area contributed by atoms with Gasteiger partial charge in [0, 0.05) is 48.6 Å². The van der Waals surface area contributed by atoms with Crippen LogP contribution in [0.1, 0.15) is 47.9 Å². The summed E-state index contributed by atoms with van der Waals surface area (Å²) in [5.74, 6) is 1.12. The van der Waals surface area contributed by atoms with Crippen molar-refractivity contribution in [1.82, 2.24) is 0 Å². The van der Waals surface area contributed by atoms with Gasteiger partial charge < -0.3 is 53.1 Å². The Morgan fingerprint density at radius 3 is 1.14 bits per heavy atom. The fourth-order valence-electron chi connectivity index (χ4n) is 7.63. The van der Waals surface area contributed by atoms with Gasteiger partial charge >= 0.3 is 0 Å². The van der Waals surface area contributed by atoms with E-state index < -0.39 is 0 Å². The molecule has 0 spiro atoms. The monoisotopic (exact) mass is 620 g/mol. The van der Waals surface area contributed by atoms with E-state index in [1.807, 2.05) is 0 Å². The van der Waals surface area contributed by atoms with Crippen LogP contribution in [0.4, 0.5) is 0 Å². The second-order valence-electron chi connectivity index (χ2n) is 12.2. The zero-order valence-electron chi connectivity index (χ0n) is 21.4. The third kappa shape index (κ3) is 5.94. The molecule has 2 atom stereocenters. The third-order valence-electron chi connectivity index (χ3n) is 9.92. The number of quaternary nitrogens is 2. The first-order valence-corrected chi connectivity index (χ1v) is 13.7. The molecular formula is C30H42Br2N2O2. The third-order valence-corrected chi connectivity index (χ3v) is 9.92. The van der Waals surface area contributed by atoms with E-state index in [0.717, 1.165) is 48.0 Å². The van der Waals surface area contributed by atoms with E-state index in [9.17, 15) is 10.2 Å². The van der Waals surface area contributed by atoms with Gasteiger partial charge in [0.05, 0.1) is 26.2 Å². The minimum Gasteiger partial charge on any atom is -1.00 e. The van der Waals surface area contributed by atoms with Crippen LogP contribution in [0.2, 0.25) is 0 Å². The van der Waals surface area contributed by atoms with Crippen molar-refractivity contribution in [3.8, 4) is 0 Å². The lowest BCUT2D eigenvalue weighted by molar-refractivity contribution is -0.958. The molecule has 0 unspecified atom stereocenters. The molecule has 2 N–H and O–H groups in total. The molecular weight excluding hydrogens is 580 g/mol. The molecule has 0 radical (unpaired) electrons. The molecule has 4 nitrogen and oxygen atoms in total. The summed E-state index contributed by atoms with van der Waals surface area (Å²) >= 11 is 0. The summed E-state index contributed by atoms with van der Waals surface area (Å²) in [5.41, 5.74) is 5.66. The van der Waals surface area contributed by atoms with Gasteiger partial charge in [-0.15, -0.1) is 0 Å². The number of aryl methyl sites for hydroxylation is 2. The number of nitrogens with zero attached hydrogens (tertiary/aromatic N) is 2. The number of benzene rings is 2. The first-order chi connectivity index (χ1) is 16.5. The zero-order valence-corrected chi connectivity index (χ0v) is 24.5. The normalized spacial score (nSPS) is 34.6. The minimum absolute atomic E-state index is 0. The average Bonchev–Trinajstić information content (AvgIpc) is 2.85. The van der Waals surface area contributed by atoms with Gasteiger partial charge in [-0.1, -0.05) is 48.5 Å². The fourth-order valence-corrected chi connectivity index (χ4v) is 7.63. The standard InChI is InChI=1S/C30H42N2O2.2BrH/c33-29-21-31(15-11-27(29)12-16-31)19-25-7-3-23(4-8-25)1-2-24-5-9-26(10-6-24)20-32-17-13-28(14-18-32)30(34)22-32;;/h3-10,27-30,33-34H,1-2,11-22H2;2*1H/q+2;;/p-2/t27?,28?,29-,30+,31?,32?;;. The Kier molecular flexibility index (Phi) is 9.06. The predicted molar refractivity (Wildman–Crippen MR) is 135 cm³/mol. The topological polar surface area (TPSA) is 40.5 Å². The summed E-state index contributed by atoms with van der Waals surface area (Å²) in [6.45, 7) is 8.99. The highest BCUT2D eigenvalue weighted by Gasteiger charge is 2.46. The average molecular weight is 622 g/mol. The van der Waals surface area contributed by atoms with Crippen molar-refractivity contribution in [2.75, 3.05) is 39.3 Å². The van der Waals surface area contributed by atoms with Crippen LogP contribution >= 0.6 is 0 Å². The van der Waals surface area contributed by atoms with E-state index in [2.05, 4.69) is 48.5 Å². The van der Waals surface area contributed by atoms with E-state index in [1.165, 1.54) is 74.1 Å². The molecule has 6 heteroatoms. The van der Waals surface area contributed by atoms with E-state index in [0.29, 0.717) is 11.8 Å². The first kappa shape index (κ1) is 28.3. The van der Waals surface area contributed by atoms with Crippen molar-refractivity contribution in [1.29, 1.82) is 0 Å². The number of piperidine rings is 6.